The van der Waals surface area contributed by atoms with Crippen LogP contribution < -0.4 is 11.1 Å². The Hall–Kier alpha value is -2.63. The average Bonchev–Trinajstić information content (AvgIpc) is 2.50. The van der Waals surface area contributed by atoms with Gasteiger partial charge in [-0.2, -0.15) is 0 Å². The van der Waals surface area contributed by atoms with Gasteiger partial charge >= 0.3 is 0 Å². The van der Waals surface area contributed by atoms with Gasteiger partial charge in [0, 0.05) is 24.5 Å². The van der Waals surface area contributed by atoms with E-state index in [2.05, 4.69) is 15.5 Å². The Bertz CT molecular complexity index is 635. The summed E-state index contributed by atoms with van der Waals surface area (Å²) in [5, 5.41) is 15.9. The van der Waals surface area contributed by atoms with Crippen LogP contribution in [0.25, 0.3) is 10.8 Å². The summed E-state index contributed by atoms with van der Waals surface area (Å²) in [7, 11) is 0. The zero-order valence-corrected chi connectivity index (χ0v) is 10.9. The SMILES string of the molecule is NC(CCCNC(=O)c1nccc2ccccc12)=NO. The largest absolute Gasteiger partial charge is 0.409 e. The molecule has 20 heavy (non-hydrogen) atoms. The number of aromatic nitrogens is 1. The molecule has 1 amide bonds. The topological polar surface area (TPSA) is 101 Å². The van der Waals surface area contributed by atoms with Gasteiger partial charge in [0.05, 0.1) is 0 Å². The number of fused-ring (bicyclic) bond motifs is 1. The van der Waals surface area contributed by atoms with Gasteiger partial charge in [-0.15, -0.1) is 0 Å². The van der Waals surface area contributed by atoms with E-state index >= 15 is 0 Å². The fraction of sp³-hybridized carbons (Fsp3) is 0.214. The van der Waals surface area contributed by atoms with E-state index in [4.69, 9.17) is 10.9 Å². The van der Waals surface area contributed by atoms with Crippen LogP contribution in [0.5, 0.6) is 0 Å². The van der Waals surface area contributed by atoms with Crippen LogP contribution in [-0.2, 0) is 0 Å². The molecule has 0 fully saturated rings. The maximum Gasteiger partial charge on any atom is 0.270 e. The maximum atomic E-state index is 12.1. The fourth-order valence-electron chi connectivity index (χ4n) is 1.91. The van der Waals surface area contributed by atoms with Gasteiger partial charge in [0.2, 0.25) is 0 Å². The Morgan fingerprint density at radius 1 is 1.35 bits per heavy atom. The highest BCUT2D eigenvalue weighted by Crippen LogP contribution is 2.15. The van der Waals surface area contributed by atoms with E-state index in [0.717, 1.165) is 10.8 Å². The number of amidine groups is 1. The smallest absolute Gasteiger partial charge is 0.270 e. The highest BCUT2D eigenvalue weighted by Gasteiger charge is 2.10. The van der Waals surface area contributed by atoms with Gasteiger partial charge in [-0.3, -0.25) is 9.78 Å². The molecular weight excluding hydrogens is 256 g/mol. The second-order valence-electron chi connectivity index (χ2n) is 4.33. The number of rotatable bonds is 5. The summed E-state index contributed by atoms with van der Waals surface area (Å²) in [5.74, 6) is -0.0659. The Morgan fingerprint density at radius 3 is 2.95 bits per heavy atom. The summed E-state index contributed by atoms with van der Waals surface area (Å²) in [5.41, 5.74) is 5.76. The minimum absolute atomic E-state index is 0.155. The minimum atomic E-state index is -0.221. The lowest BCUT2D eigenvalue weighted by atomic mass is 10.1. The predicted octanol–water partition coefficient (Wildman–Crippen LogP) is 1.49. The van der Waals surface area contributed by atoms with Crippen molar-refractivity contribution in [1.29, 1.82) is 0 Å². The molecule has 0 aliphatic carbocycles. The second-order valence-corrected chi connectivity index (χ2v) is 4.33. The number of nitrogens with zero attached hydrogens (tertiary/aromatic N) is 2. The number of hydrogen-bond acceptors (Lipinski definition) is 4. The van der Waals surface area contributed by atoms with Gasteiger partial charge < -0.3 is 16.3 Å². The first-order valence-corrected chi connectivity index (χ1v) is 6.30. The Morgan fingerprint density at radius 2 is 2.15 bits per heavy atom. The summed E-state index contributed by atoms with van der Waals surface area (Å²) in [6.45, 7) is 0.444. The molecular formula is C14H16N4O2. The van der Waals surface area contributed by atoms with E-state index in [-0.39, 0.29) is 11.7 Å². The lowest BCUT2D eigenvalue weighted by molar-refractivity contribution is 0.0950. The van der Waals surface area contributed by atoms with E-state index < -0.39 is 0 Å². The normalized spacial score (nSPS) is 11.5. The zero-order chi connectivity index (χ0) is 14.4. The highest BCUT2D eigenvalue weighted by molar-refractivity contribution is 6.05. The molecule has 0 bridgehead atoms. The second kappa shape index (κ2) is 6.51. The molecule has 0 spiro atoms. The predicted molar refractivity (Wildman–Crippen MR) is 76.7 cm³/mol. The van der Waals surface area contributed by atoms with E-state index in [9.17, 15) is 4.79 Å². The van der Waals surface area contributed by atoms with E-state index in [1.807, 2.05) is 30.3 Å². The van der Waals surface area contributed by atoms with Crippen molar-refractivity contribution < 1.29 is 10.0 Å². The minimum Gasteiger partial charge on any atom is -0.409 e. The van der Waals surface area contributed by atoms with Gasteiger partial charge in [-0.05, 0) is 17.9 Å². The van der Waals surface area contributed by atoms with Gasteiger partial charge in [0.1, 0.15) is 11.5 Å². The molecule has 0 aliphatic heterocycles. The highest BCUT2D eigenvalue weighted by atomic mass is 16.4. The number of nitrogens with one attached hydrogen (secondary N) is 1. The number of oxime groups is 1. The molecule has 0 atom stereocenters. The molecule has 0 saturated carbocycles. The number of nitrogens with two attached hydrogens (primary N) is 1. The molecule has 4 N–H and O–H groups in total. The molecule has 0 unspecified atom stereocenters. The summed E-state index contributed by atoms with van der Waals surface area (Å²) < 4.78 is 0. The molecule has 0 radical (unpaired) electrons. The van der Waals surface area contributed by atoms with Crippen LogP contribution in [0.15, 0.2) is 41.7 Å². The van der Waals surface area contributed by atoms with Crippen LogP contribution in [-0.4, -0.2) is 28.5 Å². The molecule has 2 rings (SSSR count). The Balaban J connectivity index is 2.01. The van der Waals surface area contributed by atoms with Crippen molar-refractivity contribution in [2.24, 2.45) is 10.9 Å². The van der Waals surface area contributed by atoms with Gasteiger partial charge in [-0.1, -0.05) is 29.4 Å². The molecule has 0 aliphatic rings. The fourth-order valence-corrected chi connectivity index (χ4v) is 1.91. The standard InChI is InChI=1S/C14H16N4O2/c15-12(18-20)6-3-8-17-14(19)13-11-5-2-1-4-10(11)7-9-16-13/h1-2,4-5,7,9,20H,3,6,8H2,(H2,15,18)(H,17,19). The van der Waals surface area contributed by atoms with Crippen molar-refractivity contribution in [3.05, 3.63) is 42.2 Å². The third-order valence-corrected chi connectivity index (χ3v) is 2.91. The number of hydrogen-bond donors (Lipinski definition) is 3. The third-order valence-electron chi connectivity index (χ3n) is 2.91. The number of benzene rings is 1. The number of amides is 1. The van der Waals surface area contributed by atoms with Crippen molar-refractivity contribution in [2.45, 2.75) is 12.8 Å². The zero-order valence-electron chi connectivity index (χ0n) is 10.9. The molecule has 6 heteroatoms. The third kappa shape index (κ3) is 3.23. The molecule has 1 heterocycles. The van der Waals surface area contributed by atoms with E-state index in [0.29, 0.717) is 25.1 Å². The molecule has 1 aromatic carbocycles. The molecule has 0 saturated heterocycles. The lowest BCUT2D eigenvalue weighted by Crippen LogP contribution is -2.26. The Labute approximate surface area is 116 Å². The van der Waals surface area contributed by atoms with Gasteiger partial charge in [-0.25, -0.2) is 0 Å². The summed E-state index contributed by atoms with van der Waals surface area (Å²) in [6, 6.07) is 9.46. The maximum absolute atomic E-state index is 12.1. The monoisotopic (exact) mass is 272 g/mol. The molecule has 1 aromatic heterocycles. The first-order chi connectivity index (χ1) is 9.72. The van der Waals surface area contributed by atoms with Crippen LogP contribution in [0.4, 0.5) is 0 Å². The molecule has 6 nitrogen and oxygen atoms in total. The van der Waals surface area contributed by atoms with Crippen LogP contribution in [0, 0.1) is 0 Å². The summed E-state index contributed by atoms with van der Waals surface area (Å²) in [4.78, 5) is 16.2. The quantitative estimate of drug-likeness (QED) is 0.252. The van der Waals surface area contributed by atoms with Gasteiger partial charge in [0.15, 0.2) is 0 Å². The van der Waals surface area contributed by atoms with E-state index in [1.165, 1.54) is 0 Å². The Kier molecular flexibility index (Phi) is 4.49. The summed E-state index contributed by atoms with van der Waals surface area (Å²) in [6.07, 6.45) is 2.65. The van der Waals surface area contributed by atoms with Crippen molar-refractivity contribution in [3.63, 3.8) is 0 Å². The molecule has 2 aromatic rings. The molecule has 104 valence electrons. The van der Waals surface area contributed by atoms with Crippen LogP contribution in [0.1, 0.15) is 23.3 Å². The number of carbonyl (C=O) groups excluding carboxylic acids is 1. The van der Waals surface area contributed by atoms with Crippen molar-refractivity contribution in [1.82, 2.24) is 10.3 Å². The van der Waals surface area contributed by atoms with E-state index in [1.54, 1.807) is 6.20 Å². The first kappa shape index (κ1) is 13.8. The first-order valence-electron chi connectivity index (χ1n) is 6.30. The van der Waals surface area contributed by atoms with Crippen LogP contribution in [0.3, 0.4) is 0 Å². The van der Waals surface area contributed by atoms with Gasteiger partial charge in [0.25, 0.3) is 5.91 Å². The number of pyridine rings is 1. The van der Waals surface area contributed by atoms with Crippen molar-refractivity contribution in [2.75, 3.05) is 6.54 Å². The summed E-state index contributed by atoms with van der Waals surface area (Å²) >= 11 is 0. The number of carbonyl (C=O) groups is 1. The van der Waals surface area contributed by atoms with Crippen molar-refractivity contribution in [3.8, 4) is 0 Å². The lowest BCUT2D eigenvalue weighted by Gasteiger charge is -2.06. The van der Waals surface area contributed by atoms with Crippen molar-refractivity contribution >= 4 is 22.5 Å². The van der Waals surface area contributed by atoms with Crippen LogP contribution in [0.2, 0.25) is 0 Å². The van der Waals surface area contributed by atoms with Crippen LogP contribution >= 0.6 is 0 Å². The average molecular weight is 272 g/mol.